The Morgan fingerprint density at radius 1 is 1.00 bits per heavy atom. The van der Waals surface area contributed by atoms with Crippen LogP contribution < -0.4 is 0 Å². The van der Waals surface area contributed by atoms with Crippen molar-refractivity contribution in [1.29, 1.82) is 0 Å². The molecule has 1 fully saturated rings. The van der Waals surface area contributed by atoms with Crippen LogP contribution in [0.5, 0.6) is 0 Å². The molecule has 5 heteroatoms. The fourth-order valence-corrected chi connectivity index (χ4v) is 4.25. The van der Waals surface area contributed by atoms with Crippen LogP contribution in [0.1, 0.15) is 50.7 Å². The molecule has 152 valence electrons. The minimum atomic E-state index is -0.592. The van der Waals surface area contributed by atoms with E-state index in [2.05, 4.69) is 24.3 Å². The standard InChI is InChI=1S/C24H27NO4/c1-24(2,3)29-23(27)25-14-8-13-21(25)22(26)28-15-20-18-11-6-4-9-16(18)17-10-5-7-12-19(17)20/h4-7,9-12,20-21H,8,13-15H2,1-3H3/t21-/m0/s1. The van der Waals surface area contributed by atoms with Gasteiger partial charge in [0, 0.05) is 12.5 Å². The summed E-state index contributed by atoms with van der Waals surface area (Å²) in [6.45, 7) is 6.26. The third-order valence-electron chi connectivity index (χ3n) is 5.51. The zero-order valence-corrected chi connectivity index (χ0v) is 17.2. The number of nitrogens with zero attached hydrogens (tertiary/aromatic N) is 1. The van der Waals surface area contributed by atoms with Crippen molar-refractivity contribution >= 4 is 12.1 Å². The lowest BCUT2D eigenvalue weighted by Gasteiger charge is -2.28. The van der Waals surface area contributed by atoms with Crippen LogP contribution in [0, 0.1) is 0 Å². The number of carbonyl (C=O) groups excluding carboxylic acids is 2. The highest BCUT2D eigenvalue weighted by Gasteiger charge is 2.38. The second-order valence-corrected chi connectivity index (χ2v) is 8.69. The molecule has 0 N–H and O–H groups in total. The molecular formula is C24H27NO4. The molecule has 0 bridgehead atoms. The Kier molecular flexibility index (Phi) is 5.07. The summed E-state index contributed by atoms with van der Waals surface area (Å²) in [4.78, 5) is 26.8. The topological polar surface area (TPSA) is 55.8 Å². The van der Waals surface area contributed by atoms with E-state index in [1.807, 2.05) is 45.0 Å². The molecule has 4 rings (SSSR count). The number of amides is 1. The van der Waals surface area contributed by atoms with E-state index in [1.165, 1.54) is 27.2 Å². The molecule has 1 aliphatic heterocycles. The fraction of sp³-hybridized carbons (Fsp3) is 0.417. The zero-order chi connectivity index (χ0) is 20.6. The summed E-state index contributed by atoms with van der Waals surface area (Å²) >= 11 is 0. The molecule has 1 heterocycles. The van der Waals surface area contributed by atoms with Gasteiger partial charge in [0.1, 0.15) is 18.2 Å². The molecular weight excluding hydrogens is 366 g/mol. The lowest BCUT2D eigenvalue weighted by atomic mass is 9.98. The number of fused-ring (bicyclic) bond motifs is 3. The molecule has 0 radical (unpaired) electrons. The average Bonchev–Trinajstić information content (AvgIpc) is 3.28. The number of likely N-dealkylation sites (tertiary alicyclic amines) is 1. The van der Waals surface area contributed by atoms with Crippen LogP contribution >= 0.6 is 0 Å². The number of rotatable bonds is 3. The first-order valence-electron chi connectivity index (χ1n) is 10.2. The summed E-state index contributed by atoms with van der Waals surface area (Å²) in [7, 11) is 0. The van der Waals surface area contributed by atoms with Gasteiger partial charge in [-0.05, 0) is 55.9 Å². The third-order valence-corrected chi connectivity index (χ3v) is 5.51. The van der Waals surface area contributed by atoms with Crippen LogP contribution in [0.25, 0.3) is 11.1 Å². The van der Waals surface area contributed by atoms with E-state index < -0.39 is 17.7 Å². The Balaban J connectivity index is 1.47. The molecule has 1 atom stereocenters. The summed E-state index contributed by atoms with van der Waals surface area (Å²) in [5, 5.41) is 0. The monoisotopic (exact) mass is 393 g/mol. The number of ether oxygens (including phenoxy) is 2. The fourth-order valence-electron chi connectivity index (χ4n) is 4.25. The van der Waals surface area contributed by atoms with Crippen LogP contribution in [0.2, 0.25) is 0 Å². The van der Waals surface area contributed by atoms with Gasteiger partial charge in [0.05, 0.1) is 0 Å². The maximum Gasteiger partial charge on any atom is 0.411 e. The Morgan fingerprint density at radius 2 is 1.59 bits per heavy atom. The maximum atomic E-state index is 12.8. The van der Waals surface area contributed by atoms with Crippen molar-refractivity contribution in [2.45, 2.75) is 51.2 Å². The Morgan fingerprint density at radius 3 is 2.17 bits per heavy atom. The number of hydrogen-bond donors (Lipinski definition) is 0. The van der Waals surface area contributed by atoms with Crippen LogP contribution in [-0.4, -0.2) is 41.8 Å². The van der Waals surface area contributed by atoms with E-state index in [-0.39, 0.29) is 18.5 Å². The van der Waals surface area contributed by atoms with Gasteiger partial charge in [-0.1, -0.05) is 48.5 Å². The summed E-state index contributed by atoms with van der Waals surface area (Å²) in [6, 6.07) is 15.9. The first kappa shape index (κ1) is 19.5. The second-order valence-electron chi connectivity index (χ2n) is 8.69. The molecule has 1 amide bonds. The summed E-state index contributed by atoms with van der Waals surface area (Å²) in [6.07, 6.45) is 0.929. The highest BCUT2D eigenvalue weighted by Crippen LogP contribution is 2.44. The molecule has 0 aromatic heterocycles. The predicted molar refractivity (Wildman–Crippen MR) is 111 cm³/mol. The van der Waals surface area contributed by atoms with E-state index >= 15 is 0 Å². The van der Waals surface area contributed by atoms with Crippen molar-refractivity contribution in [3.8, 4) is 11.1 Å². The summed E-state index contributed by atoms with van der Waals surface area (Å²) < 4.78 is 11.2. The Hall–Kier alpha value is -2.82. The van der Waals surface area contributed by atoms with E-state index in [1.54, 1.807) is 0 Å². The molecule has 1 aliphatic carbocycles. The van der Waals surface area contributed by atoms with Gasteiger partial charge in [0.2, 0.25) is 0 Å². The normalized spacial score (nSPS) is 18.3. The van der Waals surface area contributed by atoms with Gasteiger partial charge in [-0.2, -0.15) is 0 Å². The minimum absolute atomic E-state index is 0.0164. The zero-order valence-electron chi connectivity index (χ0n) is 17.2. The highest BCUT2D eigenvalue weighted by molar-refractivity contribution is 5.83. The van der Waals surface area contributed by atoms with Crippen molar-refractivity contribution in [2.75, 3.05) is 13.2 Å². The van der Waals surface area contributed by atoms with Gasteiger partial charge < -0.3 is 9.47 Å². The summed E-state index contributed by atoms with van der Waals surface area (Å²) in [5.41, 5.74) is 4.15. The van der Waals surface area contributed by atoms with Gasteiger partial charge in [-0.15, -0.1) is 0 Å². The Bertz CT molecular complexity index is 885. The largest absolute Gasteiger partial charge is 0.463 e. The molecule has 29 heavy (non-hydrogen) atoms. The molecule has 2 aliphatic rings. The SMILES string of the molecule is CC(C)(C)OC(=O)N1CCC[C@H]1C(=O)OCC1c2ccccc2-c2ccccc21. The van der Waals surface area contributed by atoms with E-state index in [0.717, 1.165) is 6.42 Å². The van der Waals surface area contributed by atoms with Crippen molar-refractivity contribution in [3.05, 3.63) is 59.7 Å². The molecule has 2 aromatic rings. The number of benzene rings is 2. The van der Waals surface area contributed by atoms with E-state index in [9.17, 15) is 9.59 Å². The minimum Gasteiger partial charge on any atom is -0.463 e. The quantitative estimate of drug-likeness (QED) is 0.707. The van der Waals surface area contributed by atoms with Crippen molar-refractivity contribution in [3.63, 3.8) is 0 Å². The maximum absolute atomic E-state index is 12.8. The highest BCUT2D eigenvalue weighted by atomic mass is 16.6. The van der Waals surface area contributed by atoms with Crippen LogP contribution in [0.4, 0.5) is 4.79 Å². The van der Waals surface area contributed by atoms with Gasteiger partial charge in [-0.3, -0.25) is 4.90 Å². The number of esters is 1. The lowest BCUT2D eigenvalue weighted by molar-refractivity contribution is -0.149. The van der Waals surface area contributed by atoms with Gasteiger partial charge in [-0.25, -0.2) is 9.59 Å². The molecule has 0 spiro atoms. The first-order valence-corrected chi connectivity index (χ1v) is 10.2. The molecule has 1 saturated heterocycles. The summed E-state index contributed by atoms with van der Waals surface area (Å²) in [5.74, 6) is -0.335. The predicted octanol–water partition coefficient (Wildman–Crippen LogP) is 4.74. The lowest BCUT2D eigenvalue weighted by Crippen LogP contribution is -2.44. The van der Waals surface area contributed by atoms with Gasteiger partial charge in [0.15, 0.2) is 0 Å². The van der Waals surface area contributed by atoms with Crippen LogP contribution in [0.3, 0.4) is 0 Å². The number of carbonyl (C=O) groups is 2. The third kappa shape index (κ3) is 3.86. The second kappa shape index (κ2) is 7.54. The van der Waals surface area contributed by atoms with Gasteiger partial charge in [0.25, 0.3) is 0 Å². The van der Waals surface area contributed by atoms with E-state index in [0.29, 0.717) is 13.0 Å². The molecule has 2 aromatic carbocycles. The Labute approximate surface area is 171 Å². The van der Waals surface area contributed by atoms with Crippen molar-refractivity contribution < 1.29 is 19.1 Å². The van der Waals surface area contributed by atoms with Crippen molar-refractivity contribution in [2.24, 2.45) is 0 Å². The smallest absolute Gasteiger partial charge is 0.411 e. The first-order chi connectivity index (χ1) is 13.8. The van der Waals surface area contributed by atoms with Crippen LogP contribution in [0.15, 0.2) is 48.5 Å². The number of hydrogen-bond acceptors (Lipinski definition) is 4. The van der Waals surface area contributed by atoms with Crippen molar-refractivity contribution in [1.82, 2.24) is 4.90 Å². The molecule has 5 nitrogen and oxygen atoms in total. The molecule has 0 saturated carbocycles. The molecule has 0 unspecified atom stereocenters. The average molecular weight is 393 g/mol. The van der Waals surface area contributed by atoms with Crippen LogP contribution in [-0.2, 0) is 14.3 Å². The van der Waals surface area contributed by atoms with Gasteiger partial charge >= 0.3 is 12.1 Å². The van der Waals surface area contributed by atoms with E-state index in [4.69, 9.17) is 9.47 Å².